The van der Waals surface area contributed by atoms with Crippen molar-refractivity contribution in [3.05, 3.63) is 64.7 Å². The number of carbonyl (C=O) groups is 2. The first-order chi connectivity index (χ1) is 14.4. The molecule has 158 valence electrons. The number of halogens is 2. The van der Waals surface area contributed by atoms with Crippen LogP contribution >= 0.6 is 23.2 Å². The van der Waals surface area contributed by atoms with Gasteiger partial charge in [-0.15, -0.1) is 0 Å². The number of anilines is 1. The van der Waals surface area contributed by atoms with Gasteiger partial charge < -0.3 is 14.8 Å². The van der Waals surface area contributed by atoms with Crippen molar-refractivity contribution >= 4 is 46.9 Å². The summed E-state index contributed by atoms with van der Waals surface area (Å²) in [5.41, 5.74) is 3.43. The van der Waals surface area contributed by atoms with Crippen LogP contribution in [0, 0.1) is 0 Å². The highest BCUT2D eigenvalue weighted by atomic mass is 35.5. The van der Waals surface area contributed by atoms with E-state index in [2.05, 4.69) is 22.4 Å². The van der Waals surface area contributed by atoms with Crippen LogP contribution in [0.5, 0.6) is 11.5 Å². The summed E-state index contributed by atoms with van der Waals surface area (Å²) in [6.07, 6.45) is 2.67. The van der Waals surface area contributed by atoms with Crippen molar-refractivity contribution in [1.82, 2.24) is 5.43 Å². The van der Waals surface area contributed by atoms with Gasteiger partial charge in [-0.25, -0.2) is 5.43 Å². The second kappa shape index (κ2) is 11.8. The van der Waals surface area contributed by atoms with Crippen LogP contribution in [0.15, 0.2) is 54.2 Å². The maximum Gasteiger partial charge on any atom is 0.249 e. The lowest BCUT2D eigenvalue weighted by Crippen LogP contribution is -2.24. The maximum absolute atomic E-state index is 12.0. The van der Waals surface area contributed by atoms with E-state index in [1.54, 1.807) is 36.4 Å². The Morgan fingerprint density at radius 3 is 2.57 bits per heavy atom. The molecule has 0 radical (unpaired) electrons. The second-order valence-corrected chi connectivity index (χ2v) is 6.70. The summed E-state index contributed by atoms with van der Waals surface area (Å²) in [4.78, 5) is 23.9. The van der Waals surface area contributed by atoms with E-state index in [0.717, 1.165) is 0 Å². The van der Waals surface area contributed by atoms with Gasteiger partial charge >= 0.3 is 0 Å². The first-order valence-corrected chi connectivity index (χ1v) is 9.75. The largest absolute Gasteiger partial charge is 0.490 e. The number of nitrogens with zero attached hydrogens (tertiary/aromatic N) is 1. The van der Waals surface area contributed by atoms with Crippen molar-refractivity contribution < 1.29 is 19.1 Å². The lowest BCUT2D eigenvalue weighted by molar-refractivity contribution is -0.126. The van der Waals surface area contributed by atoms with E-state index in [1.165, 1.54) is 12.3 Å². The Bertz CT molecular complexity index is 948. The van der Waals surface area contributed by atoms with E-state index in [1.807, 2.05) is 6.92 Å². The van der Waals surface area contributed by atoms with E-state index >= 15 is 0 Å². The van der Waals surface area contributed by atoms with Crippen molar-refractivity contribution in [3.8, 4) is 11.5 Å². The highest BCUT2D eigenvalue weighted by molar-refractivity contribution is 6.42. The molecule has 0 saturated carbocycles. The van der Waals surface area contributed by atoms with E-state index in [-0.39, 0.29) is 0 Å². The standard InChI is InChI=1S/C21H21Cl2N3O4/c1-3-9-30-18-8-5-14(10-19(18)29-4-2)13-24-26-21(28)12-20(27)25-15-6-7-16(22)17(23)11-15/h3,5-8,10-11,13H,1,4,9,12H2,2H3,(H,25,27)(H,26,28). The first kappa shape index (κ1) is 23.3. The summed E-state index contributed by atoms with van der Waals surface area (Å²) < 4.78 is 11.1. The topological polar surface area (TPSA) is 89.0 Å². The lowest BCUT2D eigenvalue weighted by atomic mass is 10.2. The summed E-state index contributed by atoms with van der Waals surface area (Å²) in [7, 11) is 0. The van der Waals surface area contributed by atoms with Crippen molar-refractivity contribution in [2.45, 2.75) is 13.3 Å². The molecule has 0 aliphatic rings. The molecule has 7 nitrogen and oxygen atoms in total. The Morgan fingerprint density at radius 2 is 1.87 bits per heavy atom. The number of ether oxygens (including phenoxy) is 2. The van der Waals surface area contributed by atoms with Crippen LogP contribution in [0.25, 0.3) is 0 Å². The van der Waals surface area contributed by atoms with E-state index in [4.69, 9.17) is 32.7 Å². The van der Waals surface area contributed by atoms with Gasteiger partial charge in [0.1, 0.15) is 13.0 Å². The smallest absolute Gasteiger partial charge is 0.249 e. The fraction of sp³-hybridized carbons (Fsp3) is 0.190. The van der Waals surface area contributed by atoms with Crippen LogP contribution in [-0.2, 0) is 9.59 Å². The van der Waals surface area contributed by atoms with Gasteiger partial charge in [-0.1, -0.05) is 35.9 Å². The number of rotatable bonds is 10. The van der Waals surface area contributed by atoms with Gasteiger partial charge in [0.05, 0.1) is 22.9 Å². The molecule has 0 aromatic heterocycles. The molecule has 2 amide bonds. The number of nitrogens with one attached hydrogen (secondary N) is 2. The molecule has 0 fully saturated rings. The number of hydrogen-bond acceptors (Lipinski definition) is 5. The second-order valence-electron chi connectivity index (χ2n) is 5.89. The molecule has 9 heteroatoms. The Labute approximate surface area is 184 Å². The number of hydrogen-bond donors (Lipinski definition) is 2. The minimum Gasteiger partial charge on any atom is -0.490 e. The fourth-order valence-electron chi connectivity index (χ4n) is 2.28. The third kappa shape index (κ3) is 7.42. The van der Waals surface area contributed by atoms with Gasteiger partial charge in [-0.3, -0.25) is 9.59 Å². The van der Waals surface area contributed by atoms with Crippen molar-refractivity contribution in [3.63, 3.8) is 0 Å². The monoisotopic (exact) mass is 449 g/mol. The third-order valence-corrected chi connectivity index (χ3v) is 4.29. The summed E-state index contributed by atoms with van der Waals surface area (Å²) in [6.45, 7) is 6.30. The summed E-state index contributed by atoms with van der Waals surface area (Å²) in [5.74, 6) is 0.0516. The minimum absolute atomic E-state index is 0.302. The van der Waals surface area contributed by atoms with Crippen LogP contribution in [-0.4, -0.2) is 31.2 Å². The molecule has 0 atom stereocenters. The zero-order valence-electron chi connectivity index (χ0n) is 16.3. The predicted molar refractivity (Wildman–Crippen MR) is 119 cm³/mol. The quantitative estimate of drug-likeness (QED) is 0.243. The molecule has 0 aliphatic heterocycles. The van der Waals surface area contributed by atoms with Gasteiger partial charge in [-0.2, -0.15) is 5.10 Å². The number of carbonyl (C=O) groups excluding carboxylic acids is 2. The molecule has 0 heterocycles. The molecule has 0 bridgehead atoms. The van der Waals surface area contributed by atoms with Crippen molar-refractivity contribution in [2.75, 3.05) is 18.5 Å². The van der Waals surface area contributed by atoms with Crippen molar-refractivity contribution in [2.24, 2.45) is 5.10 Å². The van der Waals surface area contributed by atoms with Crippen LogP contribution in [0.2, 0.25) is 10.0 Å². The van der Waals surface area contributed by atoms with E-state index < -0.39 is 18.2 Å². The molecule has 0 saturated heterocycles. The lowest BCUT2D eigenvalue weighted by Gasteiger charge is -2.11. The van der Waals surface area contributed by atoms with Crippen LogP contribution in [0.4, 0.5) is 5.69 Å². The van der Waals surface area contributed by atoms with E-state index in [0.29, 0.717) is 46.0 Å². The average molecular weight is 450 g/mol. The number of benzene rings is 2. The van der Waals surface area contributed by atoms with Crippen LogP contribution in [0.3, 0.4) is 0 Å². The maximum atomic E-state index is 12.0. The molecule has 2 rings (SSSR count). The molecule has 30 heavy (non-hydrogen) atoms. The van der Waals surface area contributed by atoms with Gasteiger partial charge in [0, 0.05) is 5.69 Å². The SMILES string of the molecule is C=CCOc1ccc(C=NNC(=O)CC(=O)Nc2ccc(Cl)c(Cl)c2)cc1OCC. The molecule has 2 aromatic carbocycles. The predicted octanol–water partition coefficient (Wildman–Crippen LogP) is 4.44. The number of amides is 2. The normalized spacial score (nSPS) is 10.5. The number of hydrazone groups is 1. The molecule has 0 unspecified atom stereocenters. The Morgan fingerprint density at radius 1 is 1.07 bits per heavy atom. The third-order valence-electron chi connectivity index (χ3n) is 3.55. The van der Waals surface area contributed by atoms with Gasteiger partial charge in [0.2, 0.25) is 11.8 Å². The molecule has 0 aliphatic carbocycles. The van der Waals surface area contributed by atoms with Gasteiger partial charge in [0.15, 0.2) is 11.5 Å². The Balaban J connectivity index is 1.89. The van der Waals surface area contributed by atoms with Gasteiger partial charge in [-0.05, 0) is 48.9 Å². The van der Waals surface area contributed by atoms with Crippen molar-refractivity contribution in [1.29, 1.82) is 0 Å². The zero-order valence-corrected chi connectivity index (χ0v) is 17.8. The molecule has 2 aromatic rings. The zero-order chi connectivity index (χ0) is 21.9. The minimum atomic E-state index is -0.570. The molecule has 0 spiro atoms. The first-order valence-electron chi connectivity index (χ1n) is 9.00. The van der Waals surface area contributed by atoms with E-state index in [9.17, 15) is 9.59 Å². The van der Waals surface area contributed by atoms with Gasteiger partial charge in [0.25, 0.3) is 0 Å². The Kier molecular flexibility index (Phi) is 9.18. The van der Waals surface area contributed by atoms with Crippen LogP contribution in [0.1, 0.15) is 18.9 Å². The highest BCUT2D eigenvalue weighted by Gasteiger charge is 2.10. The molecular formula is C21H21Cl2N3O4. The molecular weight excluding hydrogens is 429 g/mol. The summed E-state index contributed by atoms with van der Waals surface area (Å²) in [6, 6.07) is 9.86. The highest BCUT2D eigenvalue weighted by Crippen LogP contribution is 2.28. The average Bonchev–Trinajstić information content (AvgIpc) is 2.70. The fourth-order valence-corrected chi connectivity index (χ4v) is 2.58. The van der Waals surface area contributed by atoms with Crippen LogP contribution < -0.4 is 20.2 Å². The summed E-state index contributed by atoms with van der Waals surface area (Å²) in [5, 5.41) is 7.10. The molecule has 2 N–H and O–H groups in total. The Hall–Kier alpha value is -3.03. The summed E-state index contributed by atoms with van der Waals surface area (Å²) >= 11 is 11.7.